The van der Waals surface area contributed by atoms with Crippen molar-refractivity contribution in [3.8, 4) is 0 Å². The Bertz CT molecular complexity index is 805. The number of nitrogens with one attached hydrogen (secondary N) is 1. The van der Waals surface area contributed by atoms with Crippen LogP contribution in [0.2, 0.25) is 0 Å². The molecule has 142 valence electrons. The third-order valence-corrected chi connectivity index (χ3v) is 3.58. The second-order valence-corrected chi connectivity index (χ2v) is 6.67. The van der Waals surface area contributed by atoms with E-state index in [1.54, 1.807) is 37.5 Å². The summed E-state index contributed by atoms with van der Waals surface area (Å²) in [5.41, 5.74) is 0.00987. The van der Waals surface area contributed by atoms with Crippen LogP contribution in [0.15, 0.2) is 24.3 Å². The molecule has 2 rings (SSSR count). The second-order valence-electron chi connectivity index (χ2n) is 6.67. The molecule has 0 spiro atoms. The quantitative estimate of drug-likeness (QED) is 0.477. The highest BCUT2D eigenvalue weighted by Crippen LogP contribution is 2.28. The van der Waals surface area contributed by atoms with Gasteiger partial charge in [0.05, 0.1) is 17.0 Å². The lowest BCUT2D eigenvalue weighted by atomic mass is 10.2. The summed E-state index contributed by atoms with van der Waals surface area (Å²) in [5.74, 6) is 0.425. The van der Waals surface area contributed by atoms with Gasteiger partial charge in [0.25, 0.3) is 5.69 Å². The monoisotopic (exact) mass is 365 g/mol. The number of nitro benzene ring substituents is 1. The fourth-order valence-corrected chi connectivity index (χ4v) is 2.47. The van der Waals surface area contributed by atoms with Gasteiger partial charge in [0, 0.05) is 31.7 Å². The number of ether oxygens (including phenoxy) is 3. The van der Waals surface area contributed by atoms with E-state index in [1.807, 2.05) is 0 Å². The summed E-state index contributed by atoms with van der Waals surface area (Å²) in [6.07, 6.45) is -1.18. The van der Waals surface area contributed by atoms with E-state index in [-0.39, 0.29) is 12.2 Å². The van der Waals surface area contributed by atoms with Crippen LogP contribution in [0.4, 0.5) is 16.3 Å². The highest BCUT2D eigenvalue weighted by molar-refractivity contribution is 5.92. The Morgan fingerprint density at radius 1 is 1.27 bits per heavy atom. The number of anilines is 1. The molecule has 9 heteroatoms. The third-order valence-electron chi connectivity index (χ3n) is 3.58. The molecule has 0 saturated heterocycles. The van der Waals surface area contributed by atoms with E-state index in [1.165, 1.54) is 26.4 Å². The zero-order valence-electron chi connectivity index (χ0n) is 15.4. The van der Waals surface area contributed by atoms with Gasteiger partial charge in [-0.2, -0.15) is 0 Å². The first-order chi connectivity index (χ1) is 12.1. The number of fused-ring (bicyclic) bond motifs is 1. The SMILES string of the molecule is COC(Cn1c(NC(=O)OC(C)(C)C)cc2cc([N+](=O)[O-])ccc21)OC. The molecule has 0 aliphatic rings. The first-order valence-corrected chi connectivity index (χ1v) is 7.98. The summed E-state index contributed by atoms with van der Waals surface area (Å²) >= 11 is 0. The van der Waals surface area contributed by atoms with Crippen LogP contribution in [-0.2, 0) is 20.8 Å². The molecule has 1 heterocycles. The summed E-state index contributed by atoms with van der Waals surface area (Å²) < 4.78 is 17.5. The molecule has 0 radical (unpaired) electrons. The van der Waals surface area contributed by atoms with Crippen molar-refractivity contribution < 1.29 is 23.9 Å². The first-order valence-electron chi connectivity index (χ1n) is 7.98. The molecule has 9 nitrogen and oxygen atoms in total. The van der Waals surface area contributed by atoms with Crippen molar-refractivity contribution in [2.45, 2.75) is 39.2 Å². The molecule has 0 bridgehead atoms. The number of benzene rings is 1. The van der Waals surface area contributed by atoms with Gasteiger partial charge in [0.1, 0.15) is 11.4 Å². The number of nitro groups is 1. The highest BCUT2D eigenvalue weighted by atomic mass is 16.7. The summed E-state index contributed by atoms with van der Waals surface area (Å²) in [6, 6.07) is 6.12. The normalized spacial score (nSPS) is 11.8. The van der Waals surface area contributed by atoms with Crippen LogP contribution in [0.1, 0.15) is 20.8 Å². The number of carbonyl (C=O) groups is 1. The van der Waals surface area contributed by atoms with E-state index >= 15 is 0 Å². The second kappa shape index (κ2) is 7.71. The minimum Gasteiger partial charge on any atom is -0.444 e. The Balaban J connectivity index is 2.44. The van der Waals surface area contributed by atoms with E-state index < -0.39 is 22.9 Å². The van der Waals surface area contributed by atoms with Crippen LogP contribution in [0.3, 0.4) is 0 Å². The fourth-order valence-electron chi connectivity index (χ4n) is 2.47. The number of rotatable bonds is 6. The maximum atomic E-state index is 12.1. The molecule has 0 aliphatic heterocycles. The predicted molar refractivity (Wildman–Crippen MR) is 96.3 cm³/mol. The van der Waals surface area contributed by atoms with Crippen LogP contribution < -0.4 is 5.32 Å². The first kappa shape index (κ1) is 19.7. The largest absolute Gasteiger partial charge is 0.444 e. The van der Waals surface area contributed by atoms with Crippen LogP contribution in [0, 0.1) is 10.1 Å². The molecule has 1 aromatic carbocycles. The number of hydrogen-bond acceptors (Lipinski definition) is 6. The molecular weight excluding hydrogens is 342 g/mol. The van der Waals surface area contributed by atoms with Crippen LogP contribution in [0.5, 0.6) is 0 Å². The molecule has 0 saturated carbocycles. The molecule has 0 unspecified atom stereocenters. The molecule has 1 aromatic heterocycles. The fraction of sp³-hybridized carbons (Fsp3) is 0.471. The van der Waals surface area contributed by atoms with Crippen LogP contribution in [0.25, 0.3) is 10.9 Å². The molecule has 0 atom stereocenters. The number of hydrogen-bond donors (Lipinski definition) is 1. The average Bonchev–Trinajstić information content (AvgIpc) is 2.86. The van der Waals surface area contributed by atoms with Gasteiger partial charge >= 0.3 is 6.09 Å². The predicted octanol–water partition coefficient (Wildman–Crippen LogP) is 3.52. The summed E-state index contributed by atoms with van der Waals surface area (Å²) in [7, 11) is 3.01. The number of carbonyl (C=O) groups excluding carboxylic acids is 1. The van der Waals surface area contributed by atoms with Crippen molar-refractivity contribution in [2.24, 2.45) is 0 Å². The van der Waals surface area contributed by atoms with Gasteiger partial charge in [-0.3, -0.25) is 15.4 Å². The van der Waals surface area contributed by atoms with Crippen molar-refractivity contribution >= 4 is 28.5 Å². The van der Waals surface area contributed by atoms with Gasteiger partial charge in [-0.05, 0) is 32.9 Å². The summed E-state index contributed by atoms with van der Waals surface area (Å²) in [6.45, 7) is 5.56. The standard InChI is InChI=1S/C17H23N3O6/c1-17(2,3)26-16(21)18-14-9-11-8-12(20(22)23)6-7-13(11)19(14)10-15(24-4)25-5/h6-9,15H,10H2,1-5H3,(H,18,21). The molecular formula is C17H23N3O6. The molecule has 1 N–H and O–H groups in total. The van der Waals surface area contributed by atoms with E-state index in [9.17, 15) is 14.9 Å². The number of non-ortho nitro benzene ring substituents is 1. The van der Waals surface area contributed by atoms with Gasteiger partial charge in [-0.15, -0.1) is 0 Å². The summed E-state index contributed by atoms with van der Waals surface area (Å²) in [4.78, 5) is 22.7. The van der Waals surface area contributed by atoms with Gasteiger partial charge in [-0.25, -0.2) is 4.79 Å². The Labute approximate surface area is 151 Å². The Kier molecular flexibility index (Phi) is 5.83. The van der Waals surface area contributed by atoms with Gasteiger partial charge in [-0.1, -0.05) is 0 Å². The molecule has 2 aromatic rings. The zero-order valence-corrected chi connectivity index (χ0v) is 15.4. The molecule has 0 fully saturated rings. The van der Waals surface area contributed by atoms with E-state index in [0.29, 0.717) is 16.7 Å². The minimum atomic E-state index is -0.651. The zero-order chi connectivity index (χ0) is 19.5. The Morgan fingerprint density at radius 3 is 2.46 bits per heavy atom. The average molecular weight is 365 g/mol. The lowest BCUT2D eigenvalue weighted by Gasteiger charge is -2.21. The number of amides is 1. The van der Waals surface area contributed by atoms with Crippen LogP contribution in [-0.4, -0.2) is 41.7 Å². The van der Waals surface area contributed by atoms with Crippen molar-refractivity contribution in [3.63, 3.8) is 0 Å². The minimum absolute atomic E-state index is 0.0338. The number of aromatic nitrogens is 1. The lowest BCUT2D eigenvalue weighted by molar-refractivity contribution is -0.384. The van der Waals surface area contributed by atoms with E-state index in [2.05, 4.69) is 5.32 Å². The van der Waals surface area contributed by atoms with Crippen LogP contribution >= 0.6 is 0 Å². The number of methoxy groups -OCH3 is 2. The summed E-state index contributed by atoms with van der Waals surface area (Å²) in [5, 5.41) is 14.3. The maximum Gasteiger partial charge on any atom is 0.413 e. The smallest absolute Gasteiger partial charge is 0.413 e. The Morgan fingerprint density at radius 2 is 1.92 bits per heavy atom. The third kappa shape index (κ3) is 4.70. The molecule has 1 amide bonds. The molecule has 0 aliphatic carbocycles. The van der Waals surface area contributed by atoms with Gasteiger partial charge in [0.2, 0.25) is 0 Å². The maximum absolute atomic E-state index is 12.1. The highest BCUT2D eigenvalue weighted by Gasteiger charge is 2.21. The topological polar surface area (TPSA) is 105 Å². The lowest BCUT2D eigenvalue weighted by Crippen LogP contribution is -2.28. The van der Waals surface area contributed by atoms with Gasteiger partial charge < -0.3 is 18.8 Å². The van der Waals surface area contributed by atoms with Crippen molar-refractivity contribution in [1.82, 2.24) is 4.57 Å². The van der Waals surface area contributed by atoms with Crippen molar-refractivity contribution in [1.29, 1.82) is 0 Å². The van der Waals surface area contributed by atoms with Gasteiger partial charge in [0.15, 0.2) is 6.29 Å². The van der Waals surface area contributed by atoms with E-state index in [0.717, 1.165) is 0 Å². The Hall–Kier alpha value is -2.65. The van der Waals surface area contributed by atoms with Crippen molar-refractivity contribution in [2.75, 3.05) is 19.5 Å². The van der Waals surface area contributed by atoms with Crippen molar-refractivity contribution in [3.05, 3.63) is 34.4 Å². The molecule has 26 heavy (non-hydrogen) atoms. The number of nitrogens with zero attached hydrogens (tertiary/aromatic N) is 2. The van der Waals surface area contributed by atoms with E-state index in [4.69, 9.17) is 14.2 Å².